The van der Waals surface area contributed by atoms with Crippen molar-refractivity contribution >= 4 is 0 Å². The van der Waals surface area contributed by atoms with Crippen molar-refractivity contribution < 1.29 is 0 Å². The normalized spacial score (nSPS) is 12.9. The molecule has 0 fully saturated rings. The molecule has 0 saturated carbocycles. The first-order chi connectivity index (χ1) is 5.63. The predicted octanol–water partition coefficient (Wildman–Crippen LogP) is 1.75. The van der Waals surface area contributed by atoms with Gasteiger partial charge in [-0.25, -0.2) is 0 Å². The van der Waals surface area contributed by atoms with E-state index in [-0.39, 0.29) is 0 Å². The standard InChI is InChI=1S/C10H20N2/c1-5-7-8-10(9(3)11)12(4)6-2/h5,10H,1,3,6-8,11H2,2,4H3. The molecule has 0 aliphatic rings. The summed E-state index contributed by atoms with van der Waals surface area (Å²) >= 11 is 0. The van der Waals surface area contributed by atoms with E-state index in [1.165, 1.54) is 0 Å². The van der Waals surface area contributed by atoms with E-state index < -0.39 is 0 Å². The van der Waals surface area contributed by atoms with Crippen LogP contribution in [0, 0.1) is 0 Å². The predicted molar refractivity (Wildman–Crippen MR) is 54.9 cm³/mol. The van der Waals surface area contributed by atoms with Crippen LogP contribution in [0.2, 0.25) is 0 Å². The third-order valence-electron chi connectivity index (χ3n) is 2.10. The third-order valence-corrected chi connectivity index (χ3v) is 2.10. The van der Waals surface area contributed by atoms with Crippen LogP contribution in [0.4, 0.5) is 0 Å². The third kappa shape index (κ3) is 3.58. The molecule has 12 heavy (non-hydrogen) atoms. The van der Waals surface area contributed by atoms with Gasteiger partial charge in [0.15, 0.2) is 0 Å². The molecule has 0 saturated heterocycles. The molecule has 0 aromatic heterocycles. The van der Waals surface area contributed by atoms with Crippen LogP contribution in [0.1, 0.15) is 19.8 Å². The lowest BCUT2D eigenvalue weighted by molar-refractivity contribution is 0.273. The van der Waals surface area contributed by atoms with Gasteiger partial charge < -0.3 is 5.73 Å². The molecule has 0 heterocycles. The van der Waals surface area contributed by atoms with Crippen molar-refractivity contribution in [2.24, 2.45) is 5.73 Å². The van der Waals surface area contributed by atoms with Gasteiger partial charge in [-0.2, -0.15) is 0 Å². The molecule has 1 unspecified atom stereocenters. The maximum Gasteiger partial charge on any atom is 0.0486 e. The number of rotatable bonds is 6. The average Bonchev–Trinajstić information content (AvgIpc) is 2.04. The minimum atomic E-state index is 0.299. The number of nitrogens with zero attached hydrogens (tertiary/aromatic N) is 1. The Morgan fingerprint density at radius 2 is 2.25 bits per heavy atom. The van der Waals surface area contributed by atoms with Crippen molar-refractivity contribution in [1.29, 1.82) is 0 Å². The summed E-state index contributed by atoms with van der Waals surface area (Å²) in [5.74, 6) is 0. The van der Waals surface area contributed by atoms with E-state index in [0.29, 0.717) is 6.04 Å². The highest BCUT2D eigenvalue weighted by Gasteiger charge is 2.12. The molecule has 2 nitrogen and oxygen atoms in total. The van der Waals surface area contributed by atoms with E-state index in [1.54, 1.807) is 0 Å². The topological polar surface area (TPSA) is 29.3 Å². The van der Waals surface area contributed by atoms with E-state index in [9.17, 15) is 0 Å². The second-order valence-electron chi connectivity index (χ2n) is 3.03. The van der Waals surface area contributed by atoms with Crippen molar-refractivity contribution in [3.63, 3.8) is 0 Å². The fraction of sp³-hybridized carbons (Fsp3) is 0.600. The molecule has 2 heteroatoms. The van der Waals surface area contributed by atoms with E-state index in [1.807, 2.05) is 6.08 Å². The molecule has 1 atom stereocenters. The van der Waals surface area contributed by atoms with Gasteiger partial charge in [-0.1, -0.05) is 19.6 Å². The average molecular weight is 168 g/mol. The molecule has 0 aliphatic carbocycles. The number of allylic oxidation sites excluding steroid dienone is 1. The van der Waals surface area contributed by atoms with E-state index in [2.05, 4.69) is 32.0 Å². The molecule has 70 valence electrons. The fourth-order valence-corrected chi connectivity index (χ4v) is 1.18. The first-order valence-electron chi connectivity index (χ1n) is 4.38. The lowest BCUT2D eigenvalue weighted by Crippen LogP contribution is -2.35. The van der Waals surface area contributed by atoms with Crippen molar-refractivity contribution in [3.05, 3.63) is 24.9 Å². The van der Waals surface area contributed by atoms with Gasteiger partial charge in [0.1, 0.15) is 0 Å². The largest absolute Gasteiger partial charge is 0.401 e. The summed E-state index contributed by atoms with van der Waals surface area (Å²) in [5.41, 5.74) is 6.43. The van der Waals surface area contributed by atoms with Crippen molar-refractivity contribution in [3.8, 4) is 0 Å². The number of hydrogen-bond donors (Lipinski definition) is 1. The van der Waals surface area contributed by atoms with Crippen LogP contribution in [0.15, 0.2) is 24.9 Å². The van der Waals surface area contributed by atoms with E-state index in [4.69, 9.17) is 5.73 Å². The lowest BCUT2D eigenvalue weighted by atomic mass is 10.1. The van der Waals surface area contributed by atoms with Crippen molar-refractivity contribution in [2.45, 2.75) is 25.8 Å². The molecule has 0 spiro atoms. The summed E-state index contributed by atoms with van der Waals surface area (Å²) in [7, 11) is 2.06. The quantitative estimate of drug-likeness (QED) is 0.612. The second-order valence-corrected chi connectivity index (χ2v) is 3.03. The summed E-state index contributed by atoms with van der Waals surface area (Å²) in [6, 6.07) is 0.299. The summed E-state index contributed by atoms with van der Waals surface area (Å²) in [5, 5.41) is 0. The van der Waals surface area contributed by atoms with Crippen molar-refractivity contribution in [1.82, 2.24) is 4.90 Å². The van der Waals surface area contributed by atoms with Crippen LogP contribution in [0.25, 0.3) is 0 Å². The van der Waals surface area contributed by atoms with Gasteiger partial charge in [-0.15, -0.1) is 6.58 Å². The number of likely N-dealkylation sites (N-methyl/N-ethyl adjacent to an activating group) is 1. The highest BCUT2D eigenvalue weighted by Crippen LogP contribution is 2.09. The van der Waals surface area contributed by atoms with Crippen LogP contribution in [-0.2, 0) is 0 Å². The first-order valence-corrected chi connectivity index (χ1v) is 4.38. The first kappa shape index (κ1) is 11.2. The molecule has 0 bridgehead atoms. The highest BCUT2D eigenvalue weighted by molar-refractivity contribution is 5.00. The van der Waals surface area contributed by atoms with Crippen LogP contribution < -0.4 is 5.73 Å². The number of nitrogens with two attached hydrogens (primary N) is 1. The number of hydrogen-bond acceptors (Lipinski definition) is 2. The second kappa shape index (κ2) is 5.84. The Bertz CT molecular complexity index is 152. The van der Waals surface area contributed by atoms with E-state index >= 15 is 0 Å². The molecule has 0 rings (SSSR count). The van der Waals surface area contributed by atoms with Crippen molar-refractivity contribution in [2.75, 3.05) is 13.6 Å². The van der Waals surface area contributed by atoms with Gasteiger partial charge in [0.25, 0.3) is 0 Å². The van der Waals surface area contributed by atoms with Crippen LogP contribution in [-0.4, -0.2) is 24.5 Å². The minimum Gasteiger partial charge on any atom is -0.401 e. The fourth-order valence-electron chi connectivity index (χ4n) is 1.18. The van der Waals surface area contributed by atoms with Gasteiger partial charge in [-0.3, -0.25) is 4.90 Å². The molecule has 0 aromatic rings. The summed E-state index contributed by atoms with van der Waals surface area (Å²) in [4.78, 5) is 2.20. The Kier molecular flexibility index (Phi) is 5.47. The lowest BCUT2D eigenvalue weighted by Gasteiger charge is -2.26. The molecular formula is C10H20N2. The molecule has 0 aliphatic heterocycles. The summed E-state index contributed by atoms with van der Waals surface area (Å²) in [6.45, 7) is 10.6. The Morgan fingerprint density at radius 1 is 1.67 bits per heavy atom. The zero-order valence-corrected chi connectivity index (χ0v) is 8.21. The monoisotopic (exact) mass is 168 g/mol. The SMILES string of the molecule is C=CCCC(C(=C)N)N(C)CC. The van der Waals surface area contributed by atoms with Gasteiger partial charge in [0.05, 0.1) is 0 Å². The Labute approximate surface area is 75.7 Å². The summed E-state index contributed by atoms with van der Waals surface area (Å²) in [6.07, 6.45) is 3.92. The van der Waals surface area contributed by atoms with Gasteiger partial charge in [0, 0.05) is 11.7 Å². The van der Waals surface area contributed by atoms with Gasteiger partial charge in [0.2, 0.25) is 0 Å². The van der Waals surface area contributed by atoms with Crippen LogP contribution in [0.3, 0.4) is 0 Å². The zero-order chi connectivity index (χ0) is 9.56. The van der Waals surface area contributed by atoms with E-state index in [0.717, 1.165) is 25.1 Å². The Morgan fingerprint density at radius 3 is 2.58 bits per heavy atom. The zero-order valence-electron chi connectivity index (χ0n) is 8.21. The molecule has 0 radical (unpaired) electrons. The maximum atomic E-state index is 5.68. The van der Waals surface area contributed by atoms with Crippen LogP contribution >= 0.6 is 0 Å². The maximum absolute atomic E-state index is 5.68. The Balaban J connectivity index is 4.02. The minimum absolute atomic E-state index is 0.299. The van der Waals surface area contributed by atoms with Gasteiger partial charge in [-0.05, 0) is 26.4 Å². The van der Waals surface area contributed by atoms with Crippen LogP contribution in [0.5, 0.6) is 0 Å². The van der Waals surface area contributed by atoms with Gasteiger partial charge >= 0.3 is 0 Å². The highest BCUT2D eigenvalue weighted by atomic mass is 15.1. The smallest absolute Gasteiger partial charge is 0.0486 e. The molecule has 2 N–H and O–H groups in total. The molecular weight excluding hydrogens is 148 g/mol. The molecule has 0 aromatic carbocycles. The Hall–Kier alpha value is -0.760. The molecule has 0 amide bonds. The summed E-state index contributed by atoms with van der Waals surface area (Å²) < 4.78 is 0.